The summed E-state index contributed by atoms with van der Waals surface area (Å²) in [5.41, 5.74) is -2.40. The number of rotatable bonds is 1. The van der Waals surface area contributed by atoms with Gasteiger partial charge in [0.05, 0.1) is 11.4 Å². The molecular formula is C7H2BF5KN. The molecule has 0 unspecified atom stereocenters. The molecule has 1 aromatic rings. The molecule has 0 aromatic heterocycles. The molecular weight excluding hydrogens is 243 g/mol. The summed E-state index contributed by atoms with van der Waals surface area (Å²) in [5, 5.41) is 8.20. The van der Waals surface area contributed by atoms with Crippen LogP contribution in [0.1, 0.15) is 5.56 Å². The van der Waals surface area contributed by atoms with Gasteiger partial charge in [0.1, 0.15) is 11.9 Å². The van der Waals surface area contributed by atoms with Gasteiger partial charge in [0.2, 0.25) is 0 Å². The summed E-state index contributed by atoms with van der Waals surface area (Å²) < 4.78 is 61.5. The van der Waals surface area contributed by atoms with Crippen molar-refractivity contribution in [1.29, 1.82) is 5.26 Å². The van der Waals surface area contributed by atoms with Gasteiger partial charge in [-0.3, -0.25) is 0 Å². The molecule has 1 aromatic carbocycles. The smallest absolute Gasteiger partial charge is 0.445 e. The number of halogens is 5. The van der Waals surface area contributed by atoms with Crippen LogP contribution in [0.5, 0.6) is 0 Å². The predicted octanol–water partition coefficient (Wildman–Crippen LogP) is -1.11. The molecule has 0 fully saturated rings. The van der Waals surface area contributed by atoms with E-state index >= 15 is 0 Å². The first-order valence-electron chi connectivity index (χ1n) is 3.45. The van der Waals surface area contributed by atoms with Crippen molar-refractivity contribution in [3.63, 3.8) is 0 Å². The van der Waals surface area contributed by atoms with Gasteiger partial charge in [-0.1, -0.05) is 5.46 Å². The van der Waals surface area contributed by atoms with E-state index in [0.717, 1.165) is 0 Å². The second kappa shape index (κ2) is 5.41. The summed E-state index contributed by atoms with van der Waals surface area (Å²) in [6, 6.07) is 1.47. The summed E-state index contributed by atoms with van der Waals surface area (Å²) in [4.78, 5) is 0. The first-order valence-corrected chi connectivity index (χ1v) is 3.45. The van der Waals surface area contributed by atoms with Crippen LogP contribution < -0.4 is 56.8 Å². The Kier molecular flexibility index (Phi) is 5.43. The Balaban J connectivity index is 0.00000196. The molecule has 74 valence electrons. The van der Waals surface area contributed by atoms with E-state index in [1.54, 1.807) is 0 Å². The third kappa shape index (κ3) is 3.53. The van der Waals surface area contributed by atoms with E-state index in [2.05, 4.69) is 0 Å². The Hall–Kier alpha value is 0.0613. The van der Waals surface area contributed by atoms with Crippen molar-refractivity contribution in [2.45, 2.75) is 0 Å². The van der Waals surface area contributed by atoms with Gasteiger partial charge in [0.25, 0.3) is 0 Å². The van der Waals surface area contributed by atoms with Gasteiger partial charge >= 0.3 is 58.4 Å². The molecule has 0 N–H and O–H groups in total. The predicted molar refractivity (Wildman–Crippen MR) is 39.8 cm³/mol. The monoisotopic (exact) mass is 245 g/mol. The summed E-state index contributed by atoms with van der Waals surface area (Å²) in [7, 11) is 0. The molecule has 0 atom stereocenters. The second-order valence-electron chi connectivity index (χ2n) is 2.54. The van der Waals surface area contributed by atoms with Gasteiger partial charge in [-0.2, -0.15) is 5.26 Å². The molecule has 8 heteroatoms. The third-order valence-electron chi connectivity index (χ3n) is 1.56. The van der Waals surface area contributed by atoms with Crippen LogP contribution >= 0.6 is 0 Å². The maximum Gasteiger partial charge on any atom is 1.00 e. The van der Waals surface area contributed by atoms with E-state index in [0.29, 0.717) is 0 Å². The van der Waals surface area contributed by atoms with Crippen molar-refractivity contribution in [3.8, 4) is 6.07 Å². The van der Waals surface area contributed by atoms with Crippen molar-refractivity contribution in [3.05, 3.63) is 29.3 Å². The fourth-order valence-electron chi connectivity index (χ4n) is 0.899. The standard InChI is InChI=1S/C7H2BF5N.K/c9-6-2-5(8(11,12)13)7(10)1-4(6)3-14;/h1-2H;/q-1;+1. The Bertz CT molecular complexity index is 411. The maximum atomic E-state index is 12.7. The number of benzene rings is 1. The first-order chi connectivity index (χ1) is 6.36. The number of nitrogens with zero attached hydrogens (tertiary/aromatic N) is 1. The summed E-state index contributed by atoms with van der Waals surface area (Å²) >= 11 is 0. The van der Waals surface area contributed by atoms with Gasteiger partial charge in [-0.25, -0.2) is 8.78 Å². The van der Waals surface area contributed by atoms with E-state index in [1.165, 1.54) is 6.07 Å². The van der Waals surface area contributed by atoms with Crippen molar-refractivity contribution in [2.75, 3.05) is 0 Å². The summed E-state index contributed by atoms with van der Waals surface area (Å²) in [6.07, 6.45) is 0. The Morgan fingerprint density at radius 3 is 2.00 bits per heavy atom. The fourth-order valence-corrected chi connectivity index (χ4v) is 0.899. The van der Waals surface area contributed by atoms with E-state index in [1.807, 2.05) is 0 Å². The van der Waals surface area contributed by atoms with Crippen LogP contribution in [-0.4, -0.2) is 6.98 Å². The minimum Gasteiger partial charge on any atom is -0.445 e. The molecule has 0 saturated carbocycles. The zero-order valence-corrected chi connectivity index (χ0v) is 10.7. The molecule has 0 spiro atoms. The van der Waals surface area contributed by atoms with Crippen LogP contribution in [0, 0.1) is 23.0 Å². The molecule has 0 aliphatic carbocycles. The van der Waals surface area contributed by atoms with Crippen LogP contribution in [0.15, 0.2) is 12.1 Å². The molecule has 1 rings (SSSR count). The SMILES string of the molecule is N#Cc1cc(F)c([B-](F)(F)F)cc1F.[K+]. The minimum absolute atomic E-state index is 0. The molecule has 15 heavy (non-hydrogen) atoms. The van der Waals surface area contributed by atoms with Gasteiger partial charge in [-0.15, -0.1) is 0 Å². The average Bonchev–Trinajstić information content (AvgIpc) is 2.06. The maximum absolute atomic E-state index is 12.7. The number of nitriles is 1. The minimum atomic E-state index is -5.59. The van der Waals surface area contributed by atoms with Crippen LogP contribution in [-0.2, 0) is 0 Å². The number of hydrogen-bond acceptors (Lipinski definition) is 1. The normalized spacial score (nSPS) is 10.4. The van der Waals surface area contributed by atoms with E-state index < -0.39 is 29.6 Å². The molecule has 0 heterocycles. The van der Waals surface area contributed by atoms with Crippen LogP contribution in [0.25, 0.3) is 0 Å². The molecule has 0 radical (unpaired) electrons. The van der Waals surface area contributed by atoms with Crippen molar-refractivity contribution >= 4 is 12.4 Å². The van der Waals surface area contributed by atoms with E-state index in [4.69, 9.17) is 5.26 Å². The van der Waals surface area contributed by atoms with Crippen molar-refractivity contribution < 1.29 is 73.1 Å². The molecule has 0 amide bonds. The zero-order chi connectivity index (χ0) is 10.9. The van der Waals surface area contributed by atoms with Gasteiger partial charge in [-0.05, 0) is 12.1 Å². The topological polar surface area (TPSA) is 23.8 Å². The Morgan fingerprint density at radius 1 is 1.07 bits per heavy atom. The Morgan fingerprint density at radius 2 is 1.60 bits per heavy atom. The van der Waals surface area contributed by atoms with Crippen LogP contribution in [0.3, 0.4) is 0 Å². The zero-order valence-electron chi connectivity index (χ0n) is 7.57. The fraction of sp³-hybridized carbons (Fsp3) is 0. The van der Waals surface area contributed by atoms with Crippen LogP contribution in [0.4, 0.5) is 21.7 Å². The molecule has 0 bridgehead atoms. The summed E-state index contributed by atoms with van der Waals surface area (Å²) in [6.45, 7) is -5.59. The average molecular weight is 245 g/mol. The third-order valence-corrected chi connectivity index (χ3v) is 1.56. The van der Waals surface area contributed by atoms with Crippen molar-refractivity contribution in [2.24, 2.45) is 0 Å². The van der Waals surface area contributed by atoms with Gasteiger partial charge in [0, 0.05) is 0 Å². The van der Waals surface area contributed by atoms with Crippen LogP contribution in [0.2, 0.25) is 0 Å². The summed E-state index contributed by atoms with van der Waals surface area (Å²) in [5.74, 6) is -3.00. The van der Waals surface area contributed by atoms with E-state index in [-0.39, 0.29) is 63.5 Å². The molecule has 0 saturated heterocycles. The second-order valence-corrected chi connectivity index (χ2v) is 2.54. The van der Waals surface area contributed by atoms with Crippen molar-refractivity contribution in [1.82, 2.24) is 0 Å². The molecule has 1 nitrogen and oxygen atoms in total. The molecule has 0 aliphatic rings. The first kappa shape index (κ1) is 15.1. The quantitative estimate of drug-likeness (QED) is 0.455. The largest absolute Gasteiger partial charge is 1.00 e. The van der Waals surface area contributed by atoms with Gasteiger partial charge < -0.3 is 12.9 Å². The number of hydrogen-bond donors (Lipinski definition) is 0. The molecule has 0 aliphatic heterocycles. The van der Waals surface area contributed by atoms with Gasteiger partial charge in [0.15, 0.2) is 0 Å². The Labute approximate surface area is 125 Å². The van der Waals surface area contributed by atoms with E-state index in [9.17, 15) is 21.7 Å².